The summed E-state index contributed by atoms with van der Waals surface area (Å²) < 4.78 is 5.55. The number of hydrogen-bond acceptors (Lipinski definition) is 5. The fourth-order valence-electron chi connectivity index (χ4n) is 6.71. The summed E-state index contributed by atoms with van der Waals surface area (Å²) in [5, 5.41) is 13.8. The van der Waals surface area contributed by atoms with E-state index in [2.05, 4.69) is 27.2 Å². The minimum atomic E-state index is 0.178. The first-order valence-electron chi connectivity index (χ1n) is 10.9. The molecule has 4 bridgehead atoms. The molecule has 150 valence electrons. The average Bonchev–Trinajstić information content (AvgIpc) is 3.08. The fourth-order valence-corrected chi connectivity index (χ4v) is 6.71. The molecule has 4 saturated carbocycles. The normalized spacial score (nSPS) is 31.0. The smallest absolute Gasteiger partial charge is 0.240 e. The number of benzene rings is 1. The van der Waals surface area contributed by atoms with Crippen molar-refractivity contribution in [1.29, 1.82) is 0 Å². The van der Waals surface area contributed by atoms with Gasteiger partial charge in [-0.3, -0.25) is 4.90 Å². The Labute approximate surface area is 167 Å². The summed E-state index contributed by atoms with van der Waals surface area (Å²) in [5.41, 5.74) is 1.65. The van der Waals surface area contributed by atoms with Gasteiger partial charge in [-0.05, 0) is 67.3 Å². The van der Waals surface area contributed by atoms with Gasteiger partial charge in [0.05, 0.1) is 13.2 Å². The van der Waals surface area contributed by atoms with E-state index in [1.165, 1.54) is 44.1 Å². The summed E-state index contributed by atoms with van der Waals surface area (Å²) in [6, 6.07) is 10.3. The average molecular weight is 382 g/mol. The van der Waals surface area contributed by atoms with E-state index in [9.17, 15) is 5.11 Å². The lowest BCUT2D eigenvalue weighted by atomic mass is 9.49. The van der Waals surface area contributed by atoms with Crippen molar-refractivity contribution in [3.05, 3.63) is 47.6 Å². The van der Waals surface area contributed by atoms with E-state index in [1.54, 1.807) is 0 Å². The zero-order valence-electron chi connectivity index (χ0n) is 16.6. The molecule has 1 aromatic heterocycles. The molecule has 6 rings (SSSR count). The van der Waals surface area contributed by atoms with Crippen molar-refractivity contribution in [2.45, 2.75) is 51.5 Å². The Bertz CT molecular complexity index is 753. The van der Waals surface area contributed by atoms with Crippen LogP contribution in [0.3, 0.4) is 0 Å². The molecule has 0 amide bonds. The predicted octanol–water partition coefficient (Wildman–Crippen LogP) is 3.67. The molecule has 0 aliphatic heterocycles. The van der Waals surface area contributed by atoms with Crippen LogP contribution in [0.2, 0.25) is 0 Å². The molecule has 4 aliphatic rings. The Hall–Kier alpha value is -1.72. The molecule has 0 atom stereocenters. The second-order valence-electron chi connectivity index (χ2n) is 9.62. The van der Waals surface area contributed by atoms with Gasteiger partial charge < -0.3 is 9.63 Å². The molecule has 0 spiro atoms. The molecular weight excluding hydrogens is 350 g/mol. The summed E-state index contributed by atoms with van der Waals surface area (Å²) in [6.45, 7) is 2.56. The lowest BCUT2D eigenvalue weighted by molar-refractivity contribution is -0.0723. The first-order valence-corrected chi connectivity index (χ1v) is 10.9. The van der Waals surface area contributed by atoms with Gasteiger partial charge in [-0.1, -0.05) is 35.5 Å². The Morgan fingerprint density at radius 3 is 2.36 bits per heavy atom. The molecule has 0 saturated heterocycles. The van der Waals surface area contributed by atoms with Crippen LogP contribution < -0.4 is 0 Å². The van der Waals surface area contributed by atoms with Crippen molar-refractivity contribution in [1.82, 2.24) is 15.0 Å². The highest BCUT2D eigenvalue weighted by molar-refractivity contribution is 5.18. The molecule has 1 N–H and O–H groups in total. The minimum Gasteiger partial charge on any atom is -0.395 e. The van der Waals surface area contributed by atoms with E-state index in [4.69, 9.17) is 4.52 Å². The van der Waals surface area contributed by atoms with Crippen molar-refractivity contribution in [2.75, 3.05) is 19.7 Å². The summed E-state index contributed by atoms with van der Waals surface area (Å²) in [4.78, 5) is 6.97. The van der Waals surface area contributed by atoms with Gasteiger partial charge in [-0.2, -0.15) is 4.98 Å². The van der Waals surface area contributed by atoms with Gasteiger partial charge in [-0.15, -0.1) is 0 Å². The van der Waals surface area contributed by atoms with Crippen molar-refractivity contribution in [3.8, 4) is 0 Å². The lowest BCUT2D eigenvalue weighted by Crippen LogP contribution is -2.51. The molecule has 1 heterocycles. The molecule has 28 heavy (non-hydrogen) atoms. The number of aromatic nitrogens is 2. The number of aliphatic hydroxyl groups is 1. The second kappa shape index (κ2) is 7.60. The minimum absolute atomic E-state index is 0.178. The molecule has 0 radical (unpaired) electrons. The Balaban J connectivity index is 1.25. The largest absolute Gasteiger partial charge is 0.395 e. The number of aliphatic hydroxyl groups excluding tert-OH is 1. The Morgan fingerprint density at radius 1 is 1.04 bits per heavy atom. The topological polar surface area (TPSA) is 62.4 Å². The molecule has 4 aliphatic carbocycles. The fraction of sp³-hybridized carbons (Fsp3) is 0.652. The van der Waals surface area contributed by atoms with E-state index in [1.807, 2.05) is 18.2 Å². The third-order valence-corrected chi connectivity index (χ3v) is 7.21. The number of nitrogens with zero attached hydrogens (tertiary/aromatic N) is 3. The third kappa shape index (κ3) is 3.87. The van der Waals surface area contributed by atoms with Gasteiger partial charge in [0.1, 0.15) is 0 Å². The maximum absolute atomic E-state index is 9.62. The van der Waals surface area contributed by atoms with Crippen LogP contribution in [0.5, 0.6) is 0 Å². The van der Waals surface area contributed by atoms with Crippen molar-refractivity contribution in [2.24, 2.45) is 23.2 Å². The summed E-state index contributed by atoms with van der Waals surface area (Å²) in [6.07, 6.45) is 9.22. The first-order chi connectivity index (χ1) is 13.7. The van der Waals surface area contributed by atoms with E-state index in [0.29, 0.717) is 30.8 Å². The van der Waals surface area contributed by atoms with Gasteiger partial charge in [0, 0.05) is 19.5 Å². The molecule has 0 unspecified atom stereocenters. The highest BCUT2D eigenvalue weighted by Gasteiger charge is 2.51. The summed E-state index contributed by atoms with van der Waals surface area (Å²) in [7, 11) is 0. The van der Waals surface area contributed by atoms with Crippen molar-refractivity contribution < 1.29 is 9.63 Å². The van der Waals surface area contributed by atoms with E-state index < -0.39 is 0 Å². The Kier molecular flexibility index (Phi) is 4.97. The maximum Gasteiger partial charge on any atom is 0.240 e. The standard InChI is InChI=1S/C23H31N3O2/c27-7-6-26(16-23-12-18-8-19(13-23)10-20(9-18)14-23)15-22-24-21(25-28-22)11-17-4-2-1-3-5-17/h1-5,18-20,27H,6-16H2. The third-order valence-electron chi connectivity index (χ3n) is 7.21. The lowest BCUT2D eigenvalue weighted by Gasteiger charge is -2.57. The summed E-state index contributed by atoms with van der Waals surface area (Å²) in [5.74, 6) is 4.25. The number of rotatable bonds is 8. The molecule has 2 aromatic rings. The van der Waals surface area contributed by atoms with Crippen LogP contribution in [0.4, 0.5) is 0 Å². The molecule has 5 nitrogen and oxygen atoms in total. The zero-order chi connectivity index (χ0) is 19.0. The number of hydrogen-bond donors (Lipinski definition) is 1. The Morgan fingerprint density at radius 2 is 1.71 bits per heavy atom. The zero-order valence-corrected chi connectivity index (χ0v) is 16.6. The van der Waals surface area contributed by atoms with Gasteiger partial charge in [0.25, 0.3) is 0 Å². The predicted molar refractivity (Wildman–Crippen MR) is 107 cm³/mol. The highest BCUT2D eigenvalue weighted by Crippen LogP contribution is 2.60. The quantitative estimate of drug-likeness (QED) is 0.756. The van der Waals surface area contributed by atoms with Crippen molar-refractivity contribution >= 4 is 0 Å². The van der Waals surface area contributed by atoms with Crippen LogP contribution in [-0.4, -0.2) is 39.8 Å². The van der Waals surface area contributed by atoms with Crippen LogP contribution in [0.1, 0.15) is 55.8 Å². The molecular formula is C23H31N3O2. The van der Waals surface area contributed by atoms with Crippen LogP contribution in [0, 0.1) is 23.2 Å². The van der Waals surface area contributed by atoms with Gasteiger partial charge >= 0.3 is 0 Å². The van der Waals surface area contributed by atoms with Crippen LogP contribution in [-0.2, 0) is 13.0 Å². The highest BCUT2D eigenvalue weighted by atomic mass is 16.5. The van der Waals surface area contributed by atoms with E-state index >= 15 is 0 Å². The second-order valence-corrected chi connectivity index (χ2v) is 9.62. The maximum atomic E-state index is 9.62. The van der Waals surface area contributed by atoms with Crippen LogP contribution in [0.15, 0.2) is 34.9 Å². The van der Waals surface area contributed by atoms with Gasteiger partial charge in [0.2, 0.25) is 5.89 Å². The van der Waals surface area contributed by atoms with E-state index in [0.717, 1.165) is 30.1 Å². The molecule has 5 heteroatoms. The van der Waals surface area contributed by atoms with Crippen LogP contribution >= 0.6 is 0 Å². The van der Waals surface area contributed by atoms with E-state index in [-0.39, 0.29) is 6.61 Å². The van der Waals surface area contributed by atoms with Gasteiger partial charge in [-0.25, -0.2) is 0 Å². The van der Waals surface area contributed by atoms with Gasteiger partial charge in [0.15, 0.2) is 5.82 Å². The van der Waals surface area contributed by atoms with Crippen molar-refractivity contribution in [3.63, 3.8) is 0 Å². The van der Waals surface area contributed by atoms with Crippen LogP contribution in [0.25, 0.3) is 0 Å². The monoisotopic (exact) mass is 381 g/mol. The first kappa shape index (κ1) is 18.3. The SMILES string of the molecule is OCCN(Cc1nc(Cc2ccccc2)no1)CC12CC3CC(CC(C3)C1)C2. The molecule has 1 aromatic carbocycles. The molecule has 4 fully saturated rings. The summed E-state index contributed by atoms with van der Waals surface area (Å²) >= 11 is 0.